The Kier molecular flexibility index (Phi) is 3.73. The van der Waals surface area contributed by atoms with E-state index < -0.39 is 0 Å². The van der Waals surface area contributed by atoms with E-state index in [0.29, 0.717) is 5.57 Å². The van der Waals surface area contributed by atoms with Crippen LogP contribution in [0.3, 0.4) is 0 Å². The number of nitrogens with two attached hydrogens (primary N) is 1. The zero-order chi connectivity index (χ0) is 17.4. The van der Waals surface area contributed by atoms with Gasteiger partial charge in [-0.15, -0.1) is 0 Å². The van der Waals surface area contributed by atoms with Gasteiger partial charge in [0.25, 0.3) is 0 Å². The summed E-state index contributed by atoms with van der Waals surface area (Å²) in [5, 5.41) is 9.67. The van der Waals surface area contributed by atoms with Gasteiger partial charge >= 0.3 is 0 Å². The summed E-state index contributed by atoms with van der Waals surface area (Å²) >= 11 is 0. The molecule has 0 spiro atoms. The average molecular weight is 334 g/mol. The van der Waals surface area contributed by atoms with Crippen LogP contribution in [0.5, 0.6) is 5.75 Å². The van der Waals surface area contributed by atoms with Crippen molar-refractivity contribution < 1.29 is 14.2 Å². The molecule has 2 heterocycles. The highest BCUT2D eigenvalue weighted by atomic mass is 16.5. The summed E-state index contributed by atoms with van der Waals surface area (Å²) in [5.74, 6) is 1.53. The molecule has 1 aromatic rings. The molecular weight excluding hydrogens is 316 g/mol. The Balaban J connectivity index is 1.82. The molecule has 5 heteroatoms. The van der Waals surface area contributed by atoms with Gasteiger partial charge in [0.05, 0.1) is 18.9 Å². The number of nitriles is 1. The minimum atomic E-state index is -0.238. The largest absolute Gasteiger partial charge is 0.497 e. The molecule has 0 aromatic heterocycles. The van der Waals surface area contributed by atoms with E-state index in [4.69, 9.17) is 19.9 Å². The Morgan fingerprint density at radius 3 is 3.04 bits per heavy atom. The van der Waals surface area contributed by atoms with Crippen molar-refractivity contribution in [1.29, 1.82) is 5.26 Å². The molecule has 126 valence electrons. The van der Waals surface area contributed by atoms with Crippen LogP contribution < -0.4 is 10.5 Å². The van der Waals surface area contributed by atoms with Crippen molar-refractivity contribution >= 4 is 0 Å². The second-order valence-corrected chi connectivity index (χ2v) is 6.20. The number of hydrogen-bond donors (Lipinski definition) is 1. The molecule has 0 saturated heterocycles. The summed E-state index contributed by atoms with van der Waals surface area (Å²) < 4.78 is 16.9. The number of ether oxygens (including phenoxy) is 3. The lowest BCUT2D eigenvalue weighted by atomic mass is 9.72. The molecule has 2 N–H and O–H groups in total. The van der Waals surface area contributed by atoms with Crippen LogP contribution in [0.4, 0.5) is 0 Å². The zero-order valence-corrected chi connectivity index (χ0v) is 13.8. The molecule has 0 fully saturated rings. The van der Waals surface area contributed by atoms with Crippen molar-refractivity contribution in [2.24, 2.45) is 11.7 Å². The Morgan fingerprint density at radius 2 is 2.24 bits per heavy atom. The van der Waals surface area contributed by atoms with Crippen LogP contribution in [0.1, 0.15) is 17.9 Å². The second-order valence-electron chi connectivity index (χ2n) is 6.20. The lowest BCUT2D eigenvalue weighted by Crippen LogP contribution is -2.39. The minimum Gasteiger partial charge on any atom is -0.497 e. The number of rotatable bonds is 2. The highest BCUT2D eigenvalue weighted by molar-refractivity contribution is 5.48. The summed E-state index contributed by atoms with van der Waals surface area (Å²) in [4.78, 5) is 0. The average Bonchev–Trinajstić information content (AvgIpc) is 2.67. The SMILES string of the molecule is COc1cccc(C2C(C#N)=C(N)OC3C4=C(C=CC32)OC=CC4)c1. The van der Waals surface area contributed by atoms with Crippen LogP contribution in [0.2, 0.25) is 0 Å². The fourth-order valence-electron chi connectivity index (χ4n) is 3.74. The van der Waals surface area contributed by atoms with Gasteiger partial charge in [0.15, 0.2) is 5.88 Å². The van der Waals surface area contributed by atoms with Gasteiger partial charge in [0.2, 0.25) is 0 Å². The number of fused-ring (bicyclic) bond motifs is 2. The molecule has 0 amide bonds. The normalized spacial score (nSPS) is 27.0. The summed E-state index contributed by atoms with van der Waals surface area (Å²) in [5.41, 5.74) is 8.61. The van der Waals surface area contributed by atoms with Crippen LogP contribution in [-0.2, 0) is 9.47 Å². The van der Waals surface area contributed by atoms with Crippen LogP contribution >= 0.6 is 0 Å². The van der Waals surface area contributed by atoms with E-state index in [1.54, 1.807) is 13.4 Å². The second kappa shape index (κ2) is 6.06. The summed E-state index contributed by atoms with van der Waals surface area (Å²) in [6, 6.07) is 9.99. The Morgan fingerprint density at radius 1 is 1.36 bits per heavy atom. The third-order valence-electron chi connectivity index (χ3n) is 4.90. The molecule has 1 aromatic carbocycles. The number of methoxy groups -OCH3 is 1. The minimum absolute atomic E-state index is 0.0251. The summed E-state index contributed by atoms with van der Waals surface area (Å²) in [7, 11) is 1.63. The van der Waals surface area contributed by atoms with Crippen molar-refractivity contribution in [2.75, 3.05) is 7.11 Å². The molecular formula is C20H18N2O3. The molecule has 3 aliphatic rings. The number of nitrogens with zero attached hydrogens (tertiary/aromatic N) is 1. The Hall–Kier alpha value is -3.13. The smallest absolute Gasteiger partial charge is 0.199 e. The Labute approximate surface area is 146 Å². The van der Waals surface area contributed by atoms with Gasteiger partial charge in [-0.2, -0.15) is 5.26 Å². The van der Waals surface area contributed by atoms with Crippen LogP contribution in [-0.4, -0.2) is 13.2 Å². The van der Waals surface area contributed by atoms with E-state index in [1.165, 1.54) is 0 Å². The van der Waals surface area contributed by atoms with Crippen molar-refractivity contribution in [3.05, 3.63) is 77.1 Å². The maximum absolute atomic E-state index is 9.67. The van der Waals surface area contributed by atoms with E-state index in [-0.39, 0.29) is 23.8 Å². The first-order valence-corrected chi connectivity index (χ1v) is 8.16. The van der Waals surface area contributed by atoms with E-state index >= 15 is 0 Å². The fourth-order valence-corrected chi connectivity index (χ4v) is 3.74. The lowest BCUT2D eigenvalue weighted by molar-refractivity contribution is 0.0710. The van der Waals surface area contributed by atoms with Crippen molar-refractivity contribution in [3.8, 4) is 11.8 Å². The zero-order valence-electron chi connectivity index (χ0n) is 13.8. The third kappa shape index (κ3) is 2.47. The van der Waals surface area contributed by atoms with Gasteiger partial charge < -0.3 is 19.9 Å². The van der Waals surface area contributed by atoms with Gasteiger partial charge in [-0.25, -0.2) is 0 Å². The Bertz CT molecular complexity index is 873. The van der Waals surface area contributed by atoms with Crippen molar-refractivity contribution in [3.63, 3.8) is 0 Å². The van der Waals surface area contributed by atoms with Crippen LogP contribution in [0, 0.1) is 17.2 Å². The van der Waals surface area contributed by atoms with Gasteiger partial charge in [-0.05, 0) is 36.3 Å². The van der Waals surface area contributed by atoms with E-state index in [2.05, 4.69) is 12.1 Å². The van der Waals surface area contributed by atoms with Gasteiger partial charge in [0.1, 0.15) is 23.7 Å². The number of benzene rings is 1. The molecule has 25 heavy (non-hydrogen) atoms. The van der Waals surface area contributed by atoms with Crippen molar-refractivity contribution in [2.45, 2.75) is 18.4 Å². The molecule has 5 nitrogen and oxygen atoms in total. The first-order chi connectivity index (χ1) is 12.2. The van der Waals surface area contributed by atoms with E-state index in [9.17, 15) is 5.26 Å². The number of allylic oxidation sites excluding steroid dienone is 3. The molecule has 0 saturated carbocycles. The number of hydrogen-bond acceptors (Lipinski definition) is 5. The van der Waals surface area contributed by atoms with Gasteiger partial charge in [-0.3, -0.25) is 0 Å². The molecule has 2 aliphatic heterocycles. The molecule has 0 bridgehead atoms. The predicted molar refractivity (Wildman–Crippen MR) is 91.9 cm³/mol. The van der Waals surface area contributed by atoms with Crippen LogP contribution in [0.25, 0.3) is 0 Å². The first-order valence-electron chi connectivity index (χ1n) is 8.16. The maximum atomic E-state index is 9.67. The molecule has 3 atom stereocenters. The molecule has 3 unspecified atom stereocenters. The van der Waals surface area contributed by atoms with E-state index in [1.807, 2.05) is 36.4 Å². The monoisotopic (exact) mass is 334 g/mol. The fraction of sp³-hybridized carbons (Fsp3) is 0.250. The summed E-state index contributed by atoms with van der Waals surface area (Å²) in [6.07, 6.45) is 8.17. The van der Waals surface area contributed by atoms with E-state index in [0.717, 1.165) is 29.1 Å². The lowest BCUT2D eigenvalue weighted by Gasteiger charge is -2.40. The highest BCUT2D eigenvalue weighted by Crippen LogP contribution is 2.47. The van der Waals surface area contributed by atoms with Crippen molar-refractivity contribution in [1.82, 2.24) is 0 Å². The van der Waals surface area contributed by atoms with Gasteiger partial charge in [-0.1, -0.05) is 18.2 Å². The predicted octanol–water partition coefficient (Wildman–Crippen LogP) is 3.25. The highest BCUT2D eigenvalue weighted by Gasteiger charge is 2.43. The first kappa shape index (κ1) is 15.4. The maximum Gasteiger partial charge on any atom is 0.199 e. The molecule has 1 aliphatic carbocycles. The van der Waals surface area contributed by atoms with Gasteiger partial charge in [0, 0.05) is 17.4 Å². The molecule has 4 rings (SSSR count). The standard InChI is InChI=1S/C20H18N2O3/c1-23-13-5-2-4-12(10-13)18-15-7-8-17-14(6-3-9-24-17)19(15)25-20(22)16(18)11-21/h2-5,7-10,15,18-19H,6,22H2,1H3. The molecule has 0 radical (unpaired) electrons. The quantitative estimate of drug-likeness (QED) is 0.898. The third-order valence-corrected chi connectivity index (χ3v) is 4.90. The topological polar surface area (TPSA) is 77.5 Å². The van der Waals surface area contributed by atoms with Crippen LogP contribution in [0.15, 0.2) is 71.5 Å². The summed E-state index contributed by atoms with van der Waals surface area (Å²) in [6.45, 7) is 0.